The maximum absolute atomic E-state index is 11.0. The summed E-state index contributed by atoms with van der Waals surface area (Å²) in [7, 11) is 5.95. The Morgan fingerprint density at radius 2 is 1.84 bits per heavy atom. The summed E-state index contributed by atoms with van der Waals surface area (Å²) < 4.78 is 2.32. The van der Waals surface area contributed by atoms with E-state index in [1.807, 2.05) is 7.05 Å². The Hall–Kier alpha value is -0.460. The van der Waals surface area contributed by atoms with Gasteiger partial charge in [-0.05, 0) is 42.9 Å². The number of hydrogen-bond acceptors (Lipinski definition) is 4. The Balaban J connectivity index is 2.38. The van der Waals surface area contributed by atoms with Crippen LogP contribution >= 0.6 is 15.9 Å². The highest BCUT2D eigenvalue weighted by atomic mass is 79.9. The summed E-state index contributed by atoms with van der Waals surface area (Å²) in [4.78, 5) is 2.18. The van der Waals surface area contributed by atoms with E-state index < -0.39 is 6.10 Å². The molecule has 19 heavy (non-hydrogen) atoms. The van der Waals surface area contributed by atoms with Crippen LogP contribution in [0.25, 0.3) is 0 Å². The van der Waals surface area contributed by atoms with Crippen LogP contribution in [0.5, 0.6) is 0 Å². The molecule has 0 saturated heterocycles. The number of aryl methyl sites for hydroxylation is 1. The lowest BCUT2D eigenvalue weighted by Gasteiger charge is -2.43. The molecule has 1 N–H and O–H groups in total. The fraction of sp³-hybridized carbons (Fsp3) is 0.846. The number of aromatic nitrogens is 3. The van der Waals surface area contributed by atoms with Gasteiger partial charge in [-0.25, -0.2) is 4.68 Å². The van der Waals surface area contributed by atoms with Crippen molar-refractivity contribution in [1.82, 2.24) is 19.9 Å². The number of aliphatic hydroxyl groups is 1. The molecule has 0 bridgehead atoms. The molecule has 0 spiro atoms. The number of halogens is 1. The molecule has 0 aliphatic heterocycles. The van der Waals surface area contributed by atoms with Gasteiger partial charge in [0.2, 0.25) is 0 Å². The van der Waals surface area contributed by atoms with Gasteiger partial charge >= 0.3 is 0 Å². The summed E-state index contributed by atoms with van der Waals surface area (Å²) in [5, 5.41) is 19.0. The number of hydrogen-bond donors (Lipinski definition) is 1. The standard InChI is InChI=1S/C13H23BrN4O/c1-17(2)13(8-6-4-5-7-9-13)11(19)10-12(14)15-16-18(10)3/h11,19H,4-9H2,1-3H3. The van der Waals surface area contributed by atoms with Gasteiger partial charge in [-0.2, -0.15) is 0 Å². The largest absolute Gasteiger partial charge is 0.385 e. The van der Waals surface area contributed by atoms with Gasteiger partial charge in [-0.15, -0.1) is 5.10 Å². The minimum atomic E-state index is -0.574. The molecule has 1 unspecified atom stereocenters. The maximum atomic E-state index is 11.0. The van der Waals surface area contributed by atoms with E-state index in [2.05, 4.69) is 45.2 Å². The average Bonchev–Trinajstić information content (AvgIpc) is 2.58. The molecule has 1 fully saturated rings. The third kappa shape index (κ3) is 2.71. The molecule has 1 saturated carbocycles. The van der Waals surface area contributed by atoms with Crippen LogP contribution < -0.4 is 0 Å². The Morgan fingerprint density at radius 3 is 2.26 bits per heavy atom. The monoisotopic (exact) mass is 330 g/mol. The summed E-state index contributed by atoms with van der Waals surface area (Å²) in [6, 6.07) is 0. The van der Waals surface area contributed by atoms with Gasteiger partial charge in [-0.3, -0.25) is 0 Å². The van der Waals surface area contributed by atoms with Crippen molar-refractivity contribution < 1.29 is 5.11 Å². The Bertz CT molecular complexity index is 405. The number of rotatable bonds is 3. The highest BCUT2D eigenvalue weighted by Gasteiger charge is 2.43. The third-order valence-corrected chi connectivity index (χ3v) is 5.02. The van der Waals surface area contributed by atoms with Crippen molar-refractivity contribution in [3.05, 3.63) is 10.3 Å². The molecule has 2 rings (SSSR count). The molecule has 0 aromatic carbocycles. The molecule has 108 valence electrons. The minimum Gasteiger partial charge on any atom is -0.385 e. The van der Waals surface area contributed by atoms with Gasteiger partial charge < -0.3 is 10.0 Å². The lowest BCUT2D eigenvalue weighted by Crippen LogP contribution is -2.49. The van der Waals surface area contributed by atoms with Crippen molar-refractivity contribution in [2.75, 3.05) is 14.1 Å². The zero-order chi connectivity index (χ0) is 14.0. The zero-order valence-electron chi connectivity index (χ0n) is 11.9. The van der Waals surface area contributed by atoms with E-state index in [0.29, 0.717) is 4.60 Å². The second-order valence-electron chi connectivity index (χ2n) is 5.70. The average molecular weight is 331 g/mol. The van der Waals surface area contributed by atoms with Gasteiger partial charge in [0.05, 0.1) is 5.54 Å². The molecule has 1 aromatic rings. The van der Waals surface area contributed by atoms with E-state index in [-0.39, 0.29) is 5.54 Å². The smallest absolute Gasteiger partial charge is 0.154 e. The van der Waals surface area contributed by atoms with Gasteiger partial charge in [0.15, 0.2) is 4.60 Å². The van der Waals surface area contributed by atoms with Crippen LogP contribution in [0.2, 0.25) is 0 Å². The molecule has 6 heteroatoms. The normalized spacial score (nSPS) is 21.4. The van der Waals surface area contributed by atoms with E-state index in [1.165, 1.54) is 12.8 Å². The first kappa shape index (κ1) is 14.9. The van der Waals surface area contributed by atoms with Crippen molar-refractivity contribution in [2.24, 2.45) is 7.05 Å². The SMILES string of the molecule is CN(C)C1(C(O)c2c(Br)nnn2C)CCCCCC1. The van der Waals surface area contributed by atoms with Crippen LogP contribution in [0.15, 0.2) is 4.60 Å². The molecule has 0 amide bonds. The molecule has 5 nitrogen and oxygen atoms in total. The lowest BCUT2D eigenvalue weighted by atomic mass is 9.81. The topological polar surface area (TPSA) is 54.2 Å². The van der Waals surface area contributed by atoms with Crippen molar-refractivity contribution >= 4 is 15.9 Å². The number of likely N-dealkylation sites (N-methyl/N-ethyl adjacent to an activating group) is 1. The van der Waals surface area contributed by atoms with Crippen molar-refractivity contribution in [2.45, 2.75) is 50.2 Å². The van der Waals surface area contributed by atoms with E-state index >= 15 is 0 Å². The quantitative estimate of drug-likeness (QED) is 0.864. The summed E-state index contributed by atoms with van der Waals surface area (Å²) in [6.45, 7) is 0. The van der Waals surface area contributed by atoms with Crippen molar-refractivity contribution in [1.29, 1.82) is 0 Å². The fourth-order valence-electron chi connectivity index (χ4n) is 3.19. The van der Waals surface area contributed by atoms with Crippen LogP contribution in [0, 0.1) is 0 Å². The van der Waals surface area contributed by atoms with Gasteiger partial charge in [0, 0.05) is 7.05 Å². The van der Waals surface area contributed by atoms with Gasteiger partial charge in [0.25, 0.3) is 0 Å². The van der Waals surface area contributed by atoms with E-state index in [0.717, 1.165) is 31.4 Å². The van der Waals surface area contributed by atoms with Gasteiger partial charge in [0.1, 0.15) is 11.8 Å². The van der Waals surface area contributed by atoms with Crippen LogP contribution in [-0.4, -0.2) is 44.6 Å². The fourth-order valence-corrected chi connectivity index (χ4v) is 3.73. The van der Waals surface area contributed by atoms with E-state index in [9.17, 15) is 5.11 Å². The second kappa shape index (κ2) is 5.89. The zero-order valence-corrected chi connectivity index (χ0v) is 13.5. The molecule has 1 aromatic heterocycles. The highest BCUT2D eigenvalue weighted by Crippen LogP contribution is 2.42. The van der Waals surface area contributed by atoms with Gasteiger partial charge in [-0.1, -0.05) is 30.9 Å². The number of aliphatic hydroxyl groups excluding tert-OH is 1. The molecular formula is C13H23BrN4O. The van der Waals surface area contributed by atoms with Crippen LogP contribution in [0.3, 0.4) is 0 Å². The van der Waals surface area contributed by atoms with Crippen molar-refractivity contribution in [3.63, 3.8) is 0 Å². The Labute approximate surface area is 123 Å². The lowest BCUT2D eigenvalue weighted by molar-refractivity contribution is -0.0245. The summed E-state index contributed by atoms with van der Waals surface area (Å²) >= 11 is 3.40. The molecule has 1 aliphatic rings. The van der Waals surface area contributed by atoms with Crippen molar-refractivity contribution in [3.8, 4) is 0 Å². The first-order chi connectivity index (χ1) is 8.99. The second-order valence-corrected chi connectivity index (χ2v) is 6.45. The first-order valence-electron chi connectivity index (χ1n) is 6.89. The summed E-state index contributed by atoms with van der Waals surface area (Å²) in [5.74, 6) is 0. The predicted molar refractivity (Wildman–Crippen MR) is 77.8 cm³/mol. The van der Waals surface area contributed by atoms with E-state index in [4.69, 9.17) is 0 Å². The molecule has 1 atom stereocenters. The molecule has 1 aliphatic carbocycles. The molecule has 1 heterocycles. The Morgan fingerprint density at radius 1 is 1.26 bits per heavy atom. The highest BCUT2D eigenvalue weighted by molar-refractivity contribution is 9.10. The first-order valence-corrected chi connectivity index (χ1v) is 7.69. The third-order valence-electron chi connectivity index (χ3n) is 4.45. The van der Waals surface area contributed by atoms with Crippen LogP contribution in [0.1, 0.15) is 50.3 Å². The van der Waals surface area contributed by atoms with Crippen LogP contribution in [-0.2, 0) is 7.05 Å². The summed E-state index contributed by atoms with van der Waals surface area (Å²) in [6.07, 6.45) is 6.30. The summed E-state index contributed by atoms with van der Waals surface area (Å²) in [5.41, 5.74) is 0.560. The predicted octanol–water partition coefficient (Wildman–Crippen LogP) is 2.27. The molecule has 0 radical (unpaired) electrons. The number of nitrogens with zero attached hydrogens (tertiary/aromatic N) is 4. The minimum absolute atomic E-state index is 0.214. The van der Waals surface area contributed by atoms with Crippen LogP contribution in [0.4, 0.5) is 0 Å². The Kier molecular flexibility index (Phi) is 4.63. The molecular weight excluding hydrogens is 308 g/mol. The maximum Gasteiger partial charge on any atom is 0.154 e. The van der Waals surface area contributed by atoms with E-state index in [1.54, 1.807) is 4.68 Å².